The molecule has 1 aromatic heterocycles. The third-order valence-electron chi connectivity index (χ3n) is 4.93. The summed E-state index contributed by atoms with van der Waals surface area (Å²) in [6, 6.07) is 9.07. The van der Waals surface area contributed by atoms with Gasteiger partial charge in [-0.2, -0.15) is 0 Å². The SMILES string of the molecule is CCC1(C)Oc2ccc(NC(=O)c3cccnc3N3CCCC3)cc2O1. The van der Waals surface area contributed by atoms with Crippen LogP contribution in [0.2, 0.25) is 0 Å². The number of carbonyl (C=O) groups is 1. The number of pyridine rings is 1. The number of hydrogen-bond acceptors (Lipinski definition) is 5. The second kappa shape index (κ2) is 6.52. The Morgan fingerprint density at radius 1 is 1.23 bits per heavy atom. The minimum Gasteiger partial charge on any atom is -0.449 e. The molecule has 1 N–H and O–H groups in total. The fraction of sp³-hybridized carbons (Fsp3) is 0.400. The van der Waals surface area contributed by atoms with Gasteiger partial charge in [-0.05, 0) is 37.1 Å². The molecule has 1 unspecified atom stereocenters. The highest BCUT2D eigenvalue weighted by Gasteiger charge is 2.35. The molecule has 3 heterocycles. The van der Waals surface area contributed by atoms with Gasteiger partial charge >= 0.3 is 0 Å². The molecule has 0 spiro atoms. The van der Waals surface area contributed by atoms with Crippen molar-refractivity contribution in [2.45, 2.75) is 38.9 Å². The number of anilines is 2. The summed E-state index contributed by atoms with van der Waals surface area (Å²) in [6.07, 6.45) is 4.74. The quantitative estimate of drug-likeness (QED) is 0.905. The molecule has 0 saturated carbocycles. The topological polar surface area (TPSA) is 63.7 Å². The van der Waals surface area contributed by atoms with Crippen LogP contribution in [-0.2, 0) is 0 Å². The van der Waals surface area contributed by atoms with Gasteiger partial charge in [0.2, 0.25) is 5.79 Å². The largest absolute Gasteiger partial charge is 0.449 e. The predicted molar refractivity (Wildman–Crippen MR) is 100 cm³/mol. The minimum atomic E-state index is -0.642. The Labute approximate surface area is 153 Å². The van der Waals surface area contributed by atoms with E-state index in [0.29, 0.717) is 22.7 Å². The molecule has 2 aromatic rings. The van der Waals surface area contributed by atoms with E-state index < -0.39 is 5.79 Å². The molecule has 4 rings (SSSR count). The molecule has 1 atom stereocenters. The third kappa shape index (κ3) is 3.07. The lowest BCUT2D eigenvalue weighted by Crippen LogP contribution is -2.33. The molecule has 1 amide bonds. The average molecular weight is 353 g/mol. The second-order valence-corrected chi connectivity index (χ2v) is 6.88. The van der Waals surface area contributed by atoms with E-state index in [4.69, 9.17) is 9.47 Å². The molecule has 0 radical (unpaired) electrons. The molecule has 6 heteroatoms. The van der Waals surface area contributed by atoms with Gasteiger partial charge in [-0.1, -0.05) is 6.92 Å². The molecular formula is C20H23N3O3. The molecule has 1 saturated heterocycles. The second-order valence-electron chi connectivity index (χ2n) is 6.88. The van der Waals surface area contributed by atoms with Crippen molar-refractivity contribution in [3.05, 3.63) is 42.1 Å². The summed E-state index contributed by atoms with van der Waals surface area (Å²) in [4.78, 5) is 19.4. The van der Waals surface area contributed by atoms with Crippen LogP contribution in [0.5, 0.6) is 11.5 Å². The first kappa shape index (κ1) is 16.7. The Bertz CT molecular complexity index is 833. The number of benzene rings is 1. The van der Waals surface area contributed by atoms with Crippen LogP contribution >= 0.6 is 0 Å². The minimum absolute atomic E-state index is 0.169. The van der Waals surface area contributed by atoms with Gasteiger partial charge in [0.05, 0.1) is 5.56 Å². The Morgan fingerprint density at radius 3 is 2.77 bits per heavy atom. The first-order chi connectivity index (χ1) is 12.6. The molecule has 26 heavy (non-hydrogen) atoms. The molecule has 1 aromatic carbocycles. The zero-order chi connectivity index (χ0) is 18.1. The normalized spacial score (nSPS) is 21.1. The number of ether oxygens (including phenoxy) is 2. The van der Waals surface area contributed by atoms with E-state index in [0.717, 1.165) is 38.2 Å². The first-order valence-electron chi connectivity index (χ1n) is 9.11. The number of fused-ring (bicyclic) bond motifs is 1. The number of rotatable bonds is 4. The van der Waals surface area contributed by atoms with Crippen molar-refractivity contribution >= 4 is 17.4 Å². The van der Waals surface area contributed by atoms with Gasteiger partial charge in [0.1, 0.15) is 5.82 Å². The van der Waals surface area contributed by atoms with Gasteiger partial charge in [-0.25, -0.2) is 4.98 Å². The Morgan fingerprint density at radius 2 is 2.00 bits per heavy atom. The van der Waals surface area contributed by atoms with Gasteiger partial charge < -0.3 is 19.7 Å². The zero-order valence-corrected chi connectivity index (χ0v) is 15.1. The van der Waals surface area contributed by atoms with Crippen molar-refractivity contribution in [2.75, 3.05) is 23.3 Å². The van der Waals surface area contributed by atoms with Crippen molar-refractivity contribution in [1.29, 1.82) is 0 Å². The van der Waals surface area contributed by atoms with Gasteiger partial charge in [0, 0.05) is 44.4 Å². The third-order valence-corrected chi connectivity index (χ3v) is 4.93. The highest BCUT2D eigenvalue weighted by Crippen LogP contribution is 2.42. The predicted octanol–water partition coefficient (Wildman–Crippen LogP) is 3.83. The fourth-order valence-electron chi connectivity index (χ4n) is 3.33. The van der Waals surface area contributed by atoms with Crippen LogP contribution in [-0.4, -0.2) is 29.8 Å². The van der Waals surface area contributed by atoms with Crippen LogP contribution < -0.4 is 19.7 Å². The Balaban J connectivity index is 1.54. The zero-order valence-electron chi connectivity index (χ0n) is 15.1. The first-order valence-corrected chi connectivity index (χ1v) is 9.11. The number of hydrogen-bond donors (Lipinski definition) is 1. The summed E-state index contributed by atoms with van der Waals surface area (Å²) < 4.78 is 11.7. The number of aromatic nitrogens is 1. The number of amides is 1. The van der Waals surface area contributed by atoms with E-state index in [-0.39, 0.29) is 5.91 Å². The smallest absolute Gasteiger partial charge is 0.259 e. The van der Waals surface area contributed by atoms with E-state index in [9.17, 15) is 4.79 Å². The molecule has 0 aliphatic carbocycles. The van der Waals surface area contributed by atoms with E-state index >= 15 is 0 Å². The van der Waals surface area contributed by atoms with Crippen LogP contribution in [0.3, 0.4) is 0 Å². The van der Waals surface area contributed by atoms with Crippen molar-refractivity contribution in [1.82, 2.24) is 4.98 Å². The molecule has 0 bridgehead atoms. The maximum absolute atomic E-state index is 12.8. The maximum atomic E-state index is 12.8. The van der Waals surface area contributed by atoms with E-state index in [1.807, 2.05) is 32.0 Å². The van der Waals surface area contributed by atoms with Gasteiger partial charge in [0.25, 0.3) is 5.91 Å². The molecule has 1 fully saturated rings. The highest BCUT2D eigenvalue weighted by molar-refractivity contribution is 6.07. The lowest BCUT2D eigenvalue weighted by atomic mass is 10.2. The van der Waals surface area contributed by atoms with Gasteiger partial charge in [-0.15, -0.1) is 0 Å². The van der Waals surface area contributed by atoms with Crippen molar-refractivity contribution in [3.8, 4) is 11.5 Å². The van der Waals surface area contributed by atoms with Crippen LogP contribution in [0, 0.1) is 0 Å². The standard InChI is InChI=1S/C20H23N3O3/c1-3-20(2)25-16-9-8-14(13-17(16)26-20)22-19(24)15-7-6-10-21-18(15)23-11-4-5-12-23/h6-10,13H,3-5,11-12H2,1-2H3,(H,22,24). The maximum Gasteiger partial charge on any atom is 0.259 e. The summed E-state index contributed by atoms with van der Waals surface area (Å²) in [5, 5.41) is 2.96. The molecular weight excluding hydrogens is 330 g/mol. The van der Waals surface area contributed by atoms with Crippen molar-refractivity contribution in [2.24, 2.45) is 0 Å². The van der Waals surface area contributed by atoms with Crippen molar-refractivity contribution < 1.29 is 14.3 Å². The summed E-state index contributed by atoms with van der Waals surface area (Å²) in [5.41, 5.74) is 1.26. The fourth-order valence-corrected chi connectivity index (χ4v) is 3.33. The van der Waals surface area contributed by atoms with Crippen LogP contribution in [0.15, 0.2) is 36.5 Å². The van der Waals surface area contributed by atoms with Crippen LogP contribution in [0.4, 0.5) is 11.5 Å². The molecule has 2 aliphatic heterocycles. The molecule has 6 nitrogen and oxygen atoms in total. The van der Waals surface area contributed by atoms with Crippen molar-refractivity contribution in [3.63, 3.8) is 0 Å². The van der Waals surface area contributed by atoms with Gasteiger partial charge in [0.15, 0.2) is 11.5 Å². The summed E-state index contributed by atoms with van der Waals surface area (Å²) in [7, 11) is 0. The number of carbonyl (C=O) groups excluding carboxylic acids is 1. The van der Waals surface area contributed by atoms with E-state index in [1.54, 1.807) is 18.3 Å². The summed E-state index contributed by atoms with van der Waals surface area (Å²) >= 11 is 0. The Hall–Kier alpha value is -2.76. The monoisotopic (exact) mass is 353 g/mol. The van der Waals surface area contributed by atoms with Gasteiger partial charge in [-0.3, -0.25) is 4.79 Å². The average Bonchev–Trinajstić information content (AvgIpc) is 3.29. The molecule has 136 valence electrons. The van der Waals surface area contributed by atoms with E-state index in [1.165, 1.54) is 0 Å². The number of nitrogens with zero attached hydrogens (tertiary/aromatic N) is 2. The lowest BCUT2D eigenvalue weighted by Gasteiger charge is -2.20. The van der Waals surface area contributed by atoms with Crippen LogP contribution in [0.25, 0.3) is 0 Å². The lowest BCUT2D eigenvalue weighted by molar-refractivity contribution is -0.0640. The molecule has 2 aliphatic rings. The summed E-state index contributed by atoms with van der Waals surface area (Å²) in [6.45, 7) is 5.80. The number of nitrogens with one attached hydrogen (secondary N) is 1. The van der Waals surface area contributed by atoms with Crippen LogP contribution in [0.1, 0.15) is 43.5 Å². The Kier molecular flexibility index (Phi) is 4.18. The summed E-state index contributed by atoms with van der Waals surface area (Å²) in [5.74, 6) is 1.29. The van der Waals surface area contributed by atoms with E-state index in [2.05, 4.69) is 15.2 Å². The highest BCUT2D eigenvalue weighted by atomic mass is 16.7.